The predicted molar refractivity (Wildman–Crippen MR) is 101 cm³/mol. The van der Waals surface area contributed by atoms with Gasteiger partial charge in [0.25, 0.3) is 0 Å². The molecule has 0 unspecified atom stereocenters. The van der Waals surface area contributed by atoms with Gasteiger partial charge in [-0.1, -0.05) is 30.3 Å². The van der Waals surface area contributed by atoms with E-state index in [9.17, 15) is 4.79 Å². The van der Waals surface area contributed by atoms with Gasteiger partial charge in [-0.3, -0.25) is 9.78 Å². The van der Waals surface area contributed by atoms with Crippen molar-refractivity contribution in [2.45, 2.75) is 20.0 Å². The number of para-hydroxylation sites is 3. The van der Waals surface area contributed by atoms with Crippen molar-refractivity contribution in [2.24, 2.45) is 0 Å². The number of fused-ring (bicyclic) bond motifs is 1. The van der Waals surface area contributed by atoms with E-state index < -0.39 is 0 Å². The molecule has 1 amide bonds. The van der Waals surface area contributed by atoms with Crippen molar-refractivity contribution in [3.05, 3.63) is 60.8 Å². The van der Waals surface area contributed by atoms with Crippen molar-refractivity contribution in [1.82, 2.24) is 4.98 Å². The van der Waals surface area contributed by atoms with E-state index in [4.69, 9.17) is 4.74 Å². The van der Waals surface area contributed by atoms with Crippen molar-refractivity contribution in [1.29, 1.82) is 0 Å². The fourth-order valence-electron chi connectivity index (χ4n) is 2.54. The van der Waals surface area contributed by atoms with Crippen LogP contribution < -0.4 is 15.4 Å². The van der Waals surface area contributed by atoms with Crippen molar-refractivity contribution in [3.63, 3.8) is 0 Å². The van der Waals surface area contributed by atoms with E-state index in [0.29, 0.717) is 11.4 Å². The van der Waals surface area contributed by atoms with Crippen LogP contribution in [-0.2, 0) is 4.79 Å². The second kappa shape index (κ2) is 7.66. The zero-order valence-corrected chi connectivity index (χ0v) is 14.3. The molecule has 5 heteroatoms. The lowest BCUT2D eigenvalue weighted by molar-refractivity contribution is -0.114. The monoisotopic (exact) mass is 335 g/mol. The van der Waals surface area contributed by atoms with Gasteiger partial charge in [-0.2, -0.15) is 0 Å². The first-order chi connectivity index (χ1) is 12.1. The number of carbonyl (C=O) groups excluding carboxylic acids is 1. The first-order valence-corrected chi connectivity index (χ1v) is 8.26. The lowest BCUT2D eigenvalue weighted by Gasteiger charge is -2.15. The van der Waals surface area contributed by atoms with Gasteiger partial charge < -0.3 is 15.4 Å². The van der Waals surface area contributed by atoms with Gasteiger partial charge >= 0.3 is 0 Å². The molecule has 0 bridgehead atoms. The van der Waals surface area contributed by atoms with E-state index >= 15 is 0 Å². The molecule has 0 aliphatic rings. The molecule has 0 saturated heterocycles. The Bertz CT molecular complexity index is 872. The lowest BCUT2D eigenvalue weighted by atomic mass is 10.2. The lowest BCUT2D eigenvalue weighted by Crippen LogP contribution is -2.22. The molecule has 0 radical (unpaired) electrons. The molecule has 5 nitrogen and oxygen atoms in total. The van der Waals surface area contributed by atoms with Crippen LogP contribution in [0, 0.1) is 0 Å². The predicted octanol–water partition coefficient (Wildman–Crippen LogP) is 4.07. The number of pyridine rings is 1. The fourth-order valence-corrected chi connectivity index (χ4v) is 2.54. The number of aromatic nitrogens is 1. The summed E-state index contributed by atoms with van der Waals surface area (Å²) in [7, 11) is 0. The Morgan fingerprint density at radius 2 is 1.80 bits per heavy atom. The number of nitrogens with one attached hydrogen (secondary N) is 2. The molecule has 2 aromatic carbocycles. The van der Waals surface area contributed by atoms with Crippen LogP contribution >= 0.6 is 0 Å². The molecular weight excluding hydrogens is 314 g/mol. The van der Waals surface area contributed by atoms with Crippen LogP contribution in [0.5, 0.6) is 5.75 Å². The maximum atomic E-state index is 12.3. The van der Waals surface area contributed by atoms with Gasteiger partial charge in [-0.05, 0) is 38.1 Å². The van der Waals surface area contributed by atoms with Crippen LogP contribution in [-0.4, -0.2) is 23.5 Å². The van der Waals surface area contributed by atoms with E-state index in [1.54, 1.807) is 6.20 Å². The standard InChI is InChI=1S/C20H21N3O2/c1-14(2)25-18-11-4-3-9-16(18)23-19(24)13-22-17-10-5-7-15-8-6-12-21-20(15)17/h3-12,14,22H,13H2,1-2H3,(H,23,24). The Balaban J connectivity index is 1.67. The molecule has 3 aromatic rings. The number of hydrogen-bond donors (Lipinski definition) is 2. The van der Waals surface area contributed by atoms with Gasteiger partial charge in [-0.25, -0.2) is 0 Å². The number of anilines is 2. The highest BCUT2D eigenvalue weighted by atomic mass is 16.5. The molecule has 0 atom stereocenters. The summed E-state index contributed by atoms with van der Waals surface area (Å²) in [5.74, 6) is 0.519. The third-order valence-electron chi connectivity index (χ3n) is 3.60. The van der Waals surface area contributed by atoms with Gasteiger partial charge in [0.05, 0.1) is 29.5 Å². The normalized spacial score (nSPS) is 10.7. The van der Waals surface area contributed by atoms with Crippen molar-refractivity contribution in [3.8, 4) is 5.75 Å². The SMILES string of the molecule is CC(C)Oc1ccccc1NC(=O)CNc1cccc2cccnc12. The first-order valence-electron chi connectivity index (χ1n) is 8.26. The highest BCUT2D eigenvalue weighted by Crippen LogP contribution is 2.25. The number of amides is 1. The van der Waals surface area contributed by atoms with Crippen LogP contribution in [0.2, 0.25) is 0 Å². The number of carbonyl (C=O) groups is 1. The maximum Gasteiger partial charge on any atom is 0.243 e. The van der Waals surface area contributed by atoms with Crippen LogP contribution in [0.25, 0.3) is 10.9 Å². The minimum atomic E-state index is -0.146. The largest absolute Gasteiger partial charge is 0.489 e. The van der Waals surface area contributed by atoms with Crippen molar-refractivity contribution in [2.75, 3.05) is 17.2 Å². The molecular formula is C20H21N3O2. The van der Waals surface area contributed by atoms with Crippen LogP contribution in [0.15, 0.2) is 60.8 Å². The fraction of sp³-hybridized carbons (Fsp3) is 0.200. The van der Waals surface area contributed by atoms with E-state index in [-0.39, 0.29) is 18.6 Å². The molecule has 0 aliphatic heterocycles. The third kappa shape index (κ3) is 4.26. The Kier molecular flexibility index (Phi) is 5.14. The number of rotatable bonds is 6. The van der Waals surface area contributed by atoms with Gasteiger partial charge in [0.1, 0.15) is 5.75 Å². The molecule has 3 rings (SSSR count). The smallest absolute Gasteiger partial charge is 0.243 e. The summed E-state index contributed by atoms with van der Waals surface area (Å²) in [6.45, 7) is 4.05. The first kappa shape index (κ1) is 16.8. The average Bonchev–Trinajstić information content (AvgIpc) is 2.61. The molecule has 1 heterocycles. The highest BCUT2D eigenvalue weighted by Gasteiger charge is 2.09. The maximum absolute atomic E-state index is 12.3. The Morgan fingerprint density at radius 1 is 1.04 bits per heavy atom. The Hall–Kier alpha value is -3.08. The van der Waals surface area contributed by atoms with E-state index in [1.807, 2.05) is 68.4 Å². The molecule has 1 aromatic heterocycles. The molecule has 0 aliphatic carbocycles. The quantitative estimate of drug-likeness (QED) is 0.713. The molecule has 128 valence electrons. The van der Waals surface area contributed by atoms with E-state index in [0.717, 1.165) is 16.6 Å². The Morgan fingerprint density at radius 3 is 2.64 bits per heavy atom. The molecule has 0 saturated carbocycles. The minimum Gasteiger partial charge on any atom is -0.489 e. The van der Waals surface area contributed by atoms with Crippen molar-refractivity contribution < 1.29 is 9.53 Å². The van der Waals surface area contributed by atoms with Crippen LogP contribution in [0.4, 0.5) is 11.4 Å². The number of ether oxygens (including phenoxy) is 1. The van der Waals surface area contributed by atoms with Crippen LogP contribution in [0.3, 0.4) is 0 Å². The van der Waals surface area contributed by atoms with Gasteiger partial charge in [0, 0.05) is 11.6 Å². The third-order valence-corrected chi connectivity index (χ3v) is 3.60. The number of nitrogens with zero attached hydrogens (tertiary/aromatic N) is 1. The zero-order chi connectivity index (χ0) is 17.6. The summed E-state index contributed by atoms with van der Waals surface area (Å²) < 4.78 is 5.72. The summed E-state index contributed by atoms with van der Waals surface area (Å²) in [6.07, 6.45) is 1.78. The van der Waals surface area contributed by atoms with E-state index in [1.165, 1.54) is 0 Å². The second-order valence-electron chi connectivity index (χ2n) is 5.95. The highest BCUT2D eigenvalue weighted by molar-refractivity contribution is 5.97. The van der Waals surface area contributed by atoms with Gasteiger partial charge in [0.2, 0.25) is 5.91 Å². The van der Waals surface area contributed by atoms with E-state index in [2.05, 4.69) is 15.6 Å². The van der Waals surface area contributed by atoms with Gasteiger partial charge in [-0.15, -0.1) is 0 Å². The summed E-state index contributed by atoms with van der Waals surface area (Å²) in [5.41, 5.74) is 2.35. The zero-order valence-electron chi connectivity index (χ0n) is 14.3. The summed E-state index contributed by atoms with van der Waals surface area (Å²) in [4.78, 5) is 16.7. The summed E-state index contributed by atoms with van der Waals surface area (Å²) >= 11 is 0. The molecule has 2 N–H and O–H groups in total. The second-order valence-corrected chi connectivity index (χ2v) is 5.95. The Labute approximate surface area is 147 Å². The van der Waals surface area contributed by atoms with Crippen molar-refractivity contribution >= 4 is 28.2 Å². The van der Waals surface area contributed by atoms with Crippen LogP contribution in [0.1, 0.15) is 13.8 Å². The molecule has 0 fully saturated rings. The average molecular weight is 335 g/mol. The minimum absolute atomic E-state index is 0.0398. The molecule has 0 spiro atoms. The topological polar surface area (TPSA) is 63.2 Å². The van der Waals surface area contributed by atoms with Gasteiger partial charge in [0.15, 0.2) is 0 Å². The number of benzene rings is 2. The summed E-state index contributed by atoms with van der Waals surface area (Å²) in [5, 5.41) is 7.07. The molecule has 25 heavy (non-hydrogen) atoms. The number of hydrogen-bond acceptors (Lipinski definition) is 4. The summed E-state index contributed by atoms with van der Waals surface area (Å²) in [6, 6.07) is 17.2.